The molecule has 0 aromatic heterocycles. The topological polar surface area (TPSA) is 64.4 Å². The zero-order valence-corrected chi connectivity index (χ0v) is 12.0. The molecule has 1 fully saturated rings. The molecule has 3 unspecified atom stereocenters. The van der Waals surface area contributed by atoms with Gasteiger partial charge < -0.3 is 15.8 Å². The van der Waals surface area contributed by atoms with Crippen LogP contribution in [0.3, 0.4) is 0 Å². The fourth-order valence-electron chi connectivity index (χ4n) is 2.54. The van der Waals surface area contributed by atoms with E-state index in [0.29, 0.717) is 18.8 Å². The van der Waals surface area contributed by atoms with Gasteiger partial charge in [0.05, 0.1) is 6.61 Å². The Kier molecular flexibility index (Phi) is 5.56. The van der Waals surface area contributed by atoms with Gasteiger partial charge in [0.1, 0.15) is 0 Å². The average Bonchev–Trinajstić information content (AvgIpc) is 3.00. The number of nitrogens with two attached hydrogens (primary N) is 1. The molecule has 1 heterocycles. The maximum absolute atomic E-state index is 11.9. The fourth-order valence-corrected chi connectivity index (χ4v) is 2.54. The van der Waals surface area contributed by atoms with Crippen molar-refractivity contribution < 1.29 is 9.53 Å². The van der Waals surface area contributed by atoms with E-state index >= 15 is 0 Å². The van der Waals surface area contributed by atoms with Gasteiger partial charge in [0.15, 0.2) is 0 Å². The first-order valence-corrected chi connectivity index (χ1v) is 7.34. The predicted molar refractivity (Wildman–Crippen MR) is 79.1 cm³/mol. The minimum absolute atomic E-state index is 0.0768. The lowest BCUT2D eigenvalue weighted by Crippen LogP contribution is -2.38. The molecule has 1 amide bonds. The van der Waals surface area contributed by atoms with E-state index in [2.05, 4.69) is 5.32 Å². The molecule has 3 N–H and O–H groups in total. The first-order valence-electron chi connectivity index (χ1n) is 7.34. The van der Waals surface area contributed by atoms with Crippen LogP contribution in [0.15, 0.2) is 30.3 Å². The molecule has 1 aromatic rings. The summed E-state index contributed by atoms with van der Waals surface area (Å²) in [7, 11) is 0. The predicted octanol–water partition coefficient (Wildman–Crippen LogP) is 2.01. The van der Waals surface area contributed by atoms with Crippen molar-refractivity contribution in [1.29, 1.82) is 0 Å². The van der Waals surface area contributed by atoms with Crippen LogP contribution in [0.1, 0.15) is 37.8 Å². The molecule has 0 saturated carbocycles. The normalized spacial score (nSPS) is 21.4. The van der Waals surface area contributed by atoms with Gasteiger partial charge in [0.2, 0.25) is 5.91 Å². The average molecular weight is 276 g/mol. The molecule has 4 heteroatoms. The lowest BCUT2D eigenvalue weighted by atomic mass is 9.99. The van der Waals surface area contributed by atoms with E-state index in [-0.39, 0.29) is 18.0 Å². The van der Waals surface area contributed by atoms with Crippen LogP contribution in [-0.4, -0.2) is 25.2 Å². The van der Waals surface area contributed by atoms with Crippen LogP contribution < -0.4 is 11.1 Å². The Hall–Kier alpha value is -1.39. The lowest BCUT2D eigenvalue weighted by molar-refractivity contribution is -0.122. The van der Waals surface area contributed by atoms with Crippen molar-refractivity contribution in [2.75, 3.05) is 13.2 Å². The van der Waals surface area contributed by atoms with Crippen LogP contribution in [0.25, 0.3) is 0 Å². The number of carbonyl (C=O) groups is 1. The lowest BCUT2D eigenvalue weighted by Gasteiger charge is -2.20. The van der Waals surface area contributed by atoms with Crippen molar-refractivity contribution >= 4 is 5.91 Å². The molecule has 1 aliphatic heterocycles. The summed E-state index contributed by atoms with van der Waals surface area (Å²) in [6, 6.07) is 10.0. The third kappa shape index (κ3) is 4.32. The summed E-state index contributed by atoms with van der Waals surface area (Å²) in [5.41, 5.74) is 7.18. The van der Waals surface area contributed by atoms with Crippen LogP contribution in [0, 0.1) is 5.92 Å². The monoisotopic (exact) mass is 276 g/mol. The van der Waals surface area contributed by atoms with Crippen molar-refractivity contribution in [2.24, 2.45) is 11.7 Å². The first-order chi connectivity index (χ1) is 9.66. The Morgan fingerprint density at radius 1 is 1.45 bits per heavy atom. The van der Waals surface area contributed by atoms with E-state index < -0.39 is 0 Å². The maximum atomic E-state index is 11.9. The Morgan fingerprint density at radius 2 is 2.20 bits per heavy atom. The number of amides is 1. The Balaban J connectivity index is 1.72. The largest absolute Gasteiger partial charge is 0.381 e. The Labute approximate surface area is 120 Å². The van der Waals surface area contributed by atoms with Crippen molar-refractivity contribution in [3.05, 3.63) is 35.9 Å². The number of rotatable bonds is 6. The van der Waals surface area contributed by atoms with Gasteiger partial charge in [-0.15, -0.1) is 0 Å². The van der Waals surface area contributed by atoms with Crippen molar-refractivity contribution in [3.8, 4) is 0 Å². The smallest absolute Gasteiger partial charge is 0.220 e. The maximum Gasteiger partial charge on any atom is 0.220 e. The molecular weight excluding hydrogens is 252 g/mol. The van der Waals surface area contributed by atoms with E-state index in [9.17, 15) is 4.79 Å². The zero-order chi connectivity index (χ0) is 14.4. The number of ether oxygens (including phenoxy) is 1. The molecule has 4 nitrogen and oxygen atoms in total. The molecule has 1 saturated heterocycles. The number of nitrogens with one attached hydrogen (secondary N) is 1. The van der Waals surface area contributed by atoms with Gasteiger partial charge in [-0.2, -0.15) is 0 Å². The molecule has 0 aliphatic carbocycles. The highest BCUT2D eigenvalue weighted by atomic mass is 16.5. The third-order valence-electron chi connectivity index (χ3n) is 3.97. The van der Waals surface area contributed by atoms with E-state index in [0.717, 1.165) is 25.2 Å². The number of hydrogen-bond acceptors (Lipinski definition) is 3. The molecule has 20 heavy (non-hydrogen) atoms. The van der Waals surface area contributed by atoms with Gasteiger partial charge in [-0.25, -0.2) is 0 Å². The number of benzene rings is 1. The van der Waals surface area contributed by atoms with Crippen molar-refractivity contribution in [2.45, 2.75) is 38.3 Å². The Bertz CT molecular complexity index is 416. The Morgan fingerprint density at radius 3 is 2.85 bits per heavy atom. The molecule has 2 rings (SSSR count). The fraction of sp³-hybridized carbons (Fsp3) is 0.562. The minimum Gasteiger partial charge on any atom is -0.381 e. The molecule has 3 atom stereocenters. The summed E-state index contributed by atoms with van der Waals surface area (Å²) in [6.07, 6.45) is 2.17. The SMILES string of the molecule is CC(NC(=O)CCC(N)c1ccccc1)C1CCOC1. The molecule has 0 spiro atoms. The van der Waals surface area contributed by atoms with Crippen molar-refractivity contribution in [1.82, 2.24) is 5.32 Å². The summed E-state index contributed by atoms with van der Waals surface area (Å²) in [6.45, 7) is 3.61. The molecule has 1 aromatic carbocycles. The van der Waals surface area contributed by atoms with Crippen LogP contribution in [0.4, 0.5) is 0 Å². The van der Waals surface area contributed by atoms with Gasteiger partial charge in [-0.1, -0.05) is 30.3 Å². The van der Waals surface area contributed by atoms with E-state index in [1.54, 1.807) is 0 Å². The van der Waals surface area contributed by atoms with E-state index in [1.165, 1.54) is 0 Å². The minimum atomic E-state index is -0.0768. The van der Waals surface area contributed by atoms with E-state index in [4.69, 9.17) is 10.5 Å². The van der Waals surface area contributed by atoms with Gasteiger partial charge in [-0.3, -0.25) is 4.79 Å². The molecule has 0 radical (unpaired) electrons. The van der Waals surface area contributed by atoms with Gasteiger partial charge in [-0.05, 0) is 25.3 Å². The quantitative estimate of drug-likeness (QED) is 0.835. The van der Waals surface area contributed by atoms with Crippen LogP contribution in [0.5, 0.6) is 0 Å². The zero-order valence-electron chi connectivity index (χ0n) is 12.0. The molecular formula is C16H24N2O2. The highest BCUT2D eigenvalue weighted by Gasteiger charge is 2.23. The highest BCUT2D eigenvalue weighted by Crippen LogP contribution is 2.18. The number of hydrogen-bond donors (Lipinski definition) is 2. The summed E-state index contributed by atoms with van der Waals surface area (Å²) in [5.74, 6) is 0.525. The van der Waals surface area contributed by atoms with Crippen LogP contribution in [-0.2, 0) is 9.53 Å². The molecule has 0 bridgehead atoms. The van der Waals surface area contributed by atoms with Gasteiger partial charge >= 0.3 is 0 Å². The van der Waals surface area contributed by atoms with Gasteiger partial charge in [0.25, 0.3) is 0 Å². The second-order valence-electron chi connectivity index (χ2n) is 5.54. The second-order valence-corrected chi connectivity index (χ2v) is 5.54. The second kappa shape index (κ2) is 7.41. The standard InChI is InChI=1S/C16H24N2O2/c1-12(14-9-10-20-11-14)18-16(19)8-7-15(17)13-5-3-2-4-6-13/h2-6,12,14-15H,7-11,17H2,1H3,(H,18,19). The van der Waals surface area contributed by atoms with Gasteiger partial charge in [0, 0.05) is 31.0 Å². The first kappa shape index (κ1) is 15.0. The van der Waals surface area contributed by atoms with E-state index in [1.807, 2.05) is 37.3 Å². The van der Waals surface area contributed by atoms with Crippen LogP contribution >= 0.6 is 0 Å². The van der Waals surface area contributed by atoms with Crippen molar-refractivity contribution in [3.63, 3.8) is 0 Å². The molecule has 110 valence electrons. The highest BCUT2D eigenvalue weighted by molar-refractivity contribution is 5.76. The summed E-state index contributed by atoms with van der Waals surface area (Å²) in [4.78, 5) is 11.9. The summed E-state index contributed by atoms with van der Waals surface area (Å²) < 4.78 is 5.34. The molecule has 1 aliphatic rings. The summed E-state index contributed by atoms with van der Waals surface area (Å²) in [5, 5.41) is 3.05. The number of carbonyl (C=O) groups excluding carboxylic acids is 1. The third-order valence-corrected chi connectivity index (χ3v) is 3.97. The van der Waals surface area contributed by atoms with Crippen LogP contribution in [0.2, 0.25) is 0 Å². The summed E-state index contributed by atoms with van der Waals surface area (Å²) >= 11 is 0.